The van der Waals surface area contributed by atoms with Crippen LogP contribution in [0.4, 0.5) is 0 Å². The molecule has 0 saturated carbocycles. The average Bonchev–Trinajstić information content (AvgIpc) is 2.70. The van der Waals surface area contributed by atoms with Crippen LogP contribution in [0.15, 0.2) is 9.85 Å². The highest BCUT2D eigenvalue weighted by Crippen LogP contribution is 2.34. The summed E-state index contributed by atoms with van der Waals surface area (Å²) in [7, 11) is 1.60. The zero-order valence-corrected chi connectivity index (χ0v) is 14.1. The normalized spacial score (nSPS) is 22.5. The van der Waals surface area contributed by atoms with Gasteiger partial charge in [0.2, 0.25) is 0 Å². The van der Waals surface area contributed by atoms with Crippen molar-refractivity contribution in [1.82, 2.24) is 10.6 Å². The van der Waals surface area contributed by atoms with E-state index in [-0.39, 0.29) is 24.4 Å². The fraction of sp³-hybridized carbons (Fsp3) is 0.583. The van der Waals surface area contributed by atoms with Gasteiger partial charge in [0, 0.05) is 18.2 Å². The molecule has 1 aliphatic rings. The highest BCUT2D eigenvalue weighted by Gasteiger charge is 2.22. The Kier molecular flexibility index (Phi) is 6.59. The molecule has 19 heavy (non-hydrogen) atoms. The average molecular weight is 370 g/mol. The summed E-state index contributed by atoms with van der Waals surface area (Å²) in [6.45, 7) is 3.10. The lowest BCUT2D eigenvalue weighted by molar-refractivity contribution is 0.0929. The maximum absolute atomic E-state index is 12.1. The lowest BCUT2D eigenvalue weighted by Gasteiger charge is -2.28. The van der Waals surface area contributed by atoms with Crippen LogP contribution >= 0.6 is 39.7 Å². The van der Waals surface area contributed by atoms with Crippen molar-refractivity contribution < 1.29 is 9.53 Å². The summed E-state index contributed by atoms with van der Waals surface area (Å²) in [4.78, 5) is 12.8. The quantitative estimate of drug-likeness (QED) is 0.861. The minimum absolute atomic E-state index is 0. The lowest BCUT2D eigenvalue weighted by Crippen LogP contribution is -2.46. The molecule has 0 aromatic carbocycles. The van der Waals surface area contributed by atoms with Gasteiger partial charge in [-0.1, -0.05) is 0 Å². The Labute approximate surface area is 131 Å². The Hall–Kier alpha value is -0.300. The van der Waals surface area contributed by atoms with Crippen LogP contribution in [0, 0.1) is 0 Å². The maximum atomic E-state index is 12.1. The van der Waals surface area contributed by atoms with E-state index in [1.165, 1.54) is 11.3 Å². The van der Waals surface area contributed by atoms with Crippen LogP contribution in [-0.2, 0) is 0 Å². The summed E-state index contributed by atoms with van der Waals surface area (Å²) in [6, 6.07) is 2.50. The van der Waals surface area contributed by atoms with Crippen LogP contribution < -0.4 is 15.4 Å². The second-order valence-electron chi connectivity index (χ2n) is 4.50. The number of nitrogens with one attached hydrogen (secondary N) is 2. The summed E-state index contributed by atoms with van der Waals surface area (Å²) in [5.41, 5.74) is 0. The van der Waals surface area contributed by atoms with Crippen LogP contribution in [-0.4, -0.2) is 31.6 Å². The van der Waals surface area contributed by atoms with Gasteiger partial charge in [-0.05, 0) is 42.2 Å². The van der Waals surface area contributed by atoms with E-state index in [1.54, 1.807) is 13.2 Å². The fourth-order valence-electron chi connectivity index (χ4n) is 2.12. The van der Waals surface area contributed by atoms with Crippen LogP contribution in [0.25, 0.3) is 0 Å². The van der Waals surface area contributed by atoms with E-state index < -0.39 is 0 Å². The highest BCUT2D eigenvalue weighted by atomic mass is 79.9. The molecule has 1 fully saturated rings. The standard InChI is InChI=1S/C12H17BrN2O2S.ClH/c1-7-5-8(3-4-14-7)15-12(16)10-6-9(17-2)11(13)18-10;/h6-8,14H,3-5H2,1-2H3,(H,15,16);1H. The number of amides is 1. The van der Waals surface area contributed by atoms with E-state index in [0.29, 0.717) is 16.7 Å². The van der Waals surface area contributed by atoms with Crippen molar-refractivity contribution in [2.75, 3.05) is 13.7 Å². The molecule has 1 saturated heterocycles. The summed E-state index contributed by atoms with van der Waals surface area (Å²) in [5, 5.41) is 6.46. The van der Waals surface area contributed by atoms with Gasteiger partial charge in [-0.25, -0.2) is 0 Å². The molecule has 1 aromatic heterocycles. The molecular formula is C12H18BrClN2O2S. The van der Waals surface area contributed by atoms with Crippen molar-refractivity contribution in [1.29, 1.82) is 0 Å². The molecule has 0 spiro atoms. The van der Waals surface area contributed by atoms with Crippen LogP contribution in [0.2, 0.25) is 0 Å². The molecule has 2 N–H and O–H groups in total. The molecular weight excluding hydrogens is 352 g/mol. The van der Waals surface area contributed by atoms with E-state index in [1.807, 2.05) is 0 Å². The van der Waals surface area contributed by atoms with Crippen molar-refractivity contribution in [3.8, 4) is 5.75 Å². The van der Waals surface area contributed by atoms with E-state index in [4.69, 9.17) is 4.74 Å². The van der Waals surface area contributed by atoms with Gasteiger partial charge in [0.1, 0.15) is 9.54 Å². The van der Waals surface area contributed by atoms with Gasteiger partial charge in [0.05, 0.1) is 12.0 Å². The molecule has 4 nitrogen and oxygen atoms in total. The molecule has 1 amide bonds. The monoisotopic (exact) mass is 368 g/mol. The largest absolute Gasteiger partial charge is 0.495 e. The second-order valence-corrected chi connectivity index (χ2v) is 6.87. The molecule has 0 aliphatic carbocycles. The maximum Gasteiger partial charge on any atom is 0.261 e. The summed E-state index contributed by atoms with van der Waals surface area (Å²) in [6.07, 6.45) is 1.97. The predicted octanol–water partition coefficient (Wildman–Crippen LogP) is 2.81. The number of hydrogen-bond donors (Lipinski definition) is 2. The first-order chi connectivity index (χ1) is 8.60. The predicted molar refractivity (Wildman–Crippen MR) is 83.8 cm³/mol. The molecule has 2 heterocycles. The van der Waals surface area contributed by atoms with E-state index in [0.717, 1.165) is 23.2 Å². The highest BCUT2D eigenvalue weighted by molar-refractivity contribution is 9.11. The minimum atomic E-state index is -0.0110. The first kappa shape index (κ1) is 16.8. The SMILES string of the molecule is COc1cc(C(=O)NC2CCNC(C)C2)sc1Br.Cl. The molecule has 1 aliphatic heterocycles. The third-order valence-corrected chi connectivity index (χ3v) is 4.84. The molecule has 7 heteroatoms. The number of halogens is 2. The number of thiophene rings is 1. The molecule has 1 aromatic rings. The van der Waals surface area contributed by atoms with Crippen molar-refractivity contribution in [3.63, 3.8) is 0 Å². The van der Waals surface area contributed by atoms with Crippen molar-refractivity contribution in [2.45, 2.75) is 31.8 Å². The van der Waals surface area contributed by atoms with E-state index >= 15 is 0 Å². The fourth-order valence-corrected chi connectivity index (χ4v) is 3.68. The van der Waals surface area contributed by atoms with Crippen molar-refractivity contribution >= 4 is 45.6 Å². The van der Waals surface area contributed by atoms with E-state index in [2.05, 4.69) is 33.5 Å². The summed E-state index contributed by atoms with van der Waals surface area (Å²) < 4.78 is 6.01. The Balaban J connectivity index is 0.00000180. The lowest BCUT2D eigenvalue weighted by atomic mass is 10.0. The second kappa shape index (κ2) is 7.47. The Bertz CT molecular complexity index is 441. The molecule has 2 unspecified atom stereocenters. The zero-order chi connectivity index (χ0) is 13.1. The molecule has 2 atom stereocenters. The number of piperidine rings is 1. The zero-order valence-electron chi connectivity index (χ0n) is 10.9. The van der Waals surface area contributed by atoms with Gasteiger partial charge in [0.25, 0.3) is 5.91 Å². The van der Waals surface area contributed by atoms with E-state index in [9.17, 15) is 4.79 Å². The molecule has 0 radical (unpaired) electrons. The Morgan fingerprint density at radius 1 is 1.63 bits per heavy atom. The summed E-state index contributed by atoms with van der Waals surface area (Å²) >= 11 is 4.78. The molecule has 0 bridgehead atoms. The smallest absolute Gasteiger partial charge is 0.261 e. The minimum Gasteiger partial charge on any atom is -0.495 e. The van der Waals surface area contributed by atoms with Gasteiger partial charge in [0.15, 0.2) is 0 Å². The van der Waals surface area contributed by atoms with Crippen LogP contribution in [0.1, 0.15) is 29.4 Å². The number of hydrogen-bond acceptors (Lipinski definition) is 4. The number of carbonyl (C=O) groups excluding carboxylic acids is 1. The Morgan fingerprint density at radius 2 is 2.37 bits per heavy atom. The van der Waals surface area contributed by atoms with Gasteiger partial charge < -0.3 is 15.4 Å². The third kappa shape index (κ3) is 4.34. The van der Waals surface area contributed by atoms with Gasteiger partial charge in [-0.3, -0.25) is 4.79 Å². The number of methoxy groups -OCH3 is 1. The van der Waals surface area contributed by atoms with Gasteiger partial charge >= 0.3 is 0 Å². The van der Waals surface area contributed by atoms with Gasteiger partial charge in [-0.2, -0.15) is 0 Å². The first-order valence-corrected chi connectivity index (χ1v) is 7.58. The van der Waals surface area contributed by atoms with Gasteiger partial charge in [-0.15, -0.1) is 23.7 Å². The van der Waals surface area contributed by atoms with Crippen molar-refractivity contribution in [2.24, 2.45) is 0 Å². The van der Waals surface area contributed by atoms with Crippen LogP contribution in [0.5, 0.6) is 5.75 Å². The first-order valence-electron chi connectivity index (χ1n) is 5.97. The van der Waals surface area contributed by atoms with Crippen molar-refractivity contribution in [3.05, 3.63) is 14.7 Å². The topological polar surface area (TPSA) is 50.4 Å². The molecule has 2 rings (SSSR count). The molecule has 108 valence electrons. The van der Waals surface area contributed by atoms with Crippen LogP contribution in [0.3, 0.4) is 0 Å². The Morgan fingerprint density at radius 3 is 2.95 bits per heavy atom. The number of ether oxygens (including phenoxy) is 1. The number of rotatable bonds is 3. The summed E-state index contributed by atoms with van der Waals surface area (Å²) in [5.74, 6) is 0.701. The third-order valence-electron chi connectivity index (χ3n) is 3.06. The number of carbonyl (C=O) groups is 1.